The summed E-state index contributed by atoms with van der Waals surface area (Å²) in [6.07, 6.45) is 0. The summed E-state index contributed by atoms with van der Waals surface area (Å²) in [6.45, 7) is 0. The van der Waals surface area contributed by atoms with Crippen molar-refractivity contribution in [2.24, 2.45) is 0 Å². The number of hydrogen-bond donors (Lipinski definition) is 1. The first-order valence-electron chi connectivity index (χ1n) is 9.37. The van der Waals surface area contributed by atoms with Gasteiger partial charge in [-0.15, -0.1) is 0 Å². The van der Waals surface area contributed by atoms with E-state index in [2.05, 4.69) is 24.3 Å². The van der Waals surface area contributed by atoms with Crippen LogP contribution < -0.4 is 14.8 Å². The zero-order valence-electron chi connectivity index (χ0n) is 16.9. The molecule has 1 aliphatic carbocycles. The highest BCUT2D eigenvalue weighted by Gasteiger charge is 2.18. The highest BCUT2D eigenvalue weighted by atomic mass is 16.4. The average Bonchev–Trinajstić information content (AvgIpc) is 2.71. The fourth-order valence-corrected chi connectivity index (χ4v) is 3.51. The maximum Gasteiger partial charge on any atom is 0.335 e. The van der Waals surface area contributed by atoms with Gasteiger partial charge in [0, 0.05) is 48.4 Å². The van der Waals surface area contributed by atoms with Gasteiger partial charge in [0.1, 0.15) is 25.4 Å². The molecule has 0 atom stereocenters. The van der Waals surface area contributed by atoms with E-state index in [4.69, 9.17) is 4.42 Å². The van der Waals surface area contributed by atoms with Gasteiger partial charge in [-0.1, -0.05) is 12.1 Å². The summed E-state index contributed by atoms with van der Waals surface area (Å²) in [5, 5.41) is 11.3. The molecule has 1 aliphatic heterocycles. The molecule has 2 aromatic rings. The Bertz CT molecular complexity index is 1260. The monoisotopic (exact) mass is 387 g/mol. The van der Waals surface area contributed by atoms with Crippen LogP contribution in [0.15, 0.2) is 65.1 Å². The van der Waals surface area contributed by atoms with Crippen molar-refractivity contribution >= 4 is 22.6 Å². The maximum atomic E-state index is 11.3. The topological polar surface area (TPSA) is 56.7 Å². The third-order valence-corrected chi connectivity index (χ3v) is 5.14. The molecule has 0 radical (unpaired) electrons. The first kappa shape index (κ1) is 18.7. The fourth-order valence-electron chi connectivity index (χ4n) is 3.51. The Morgan fingerprint density at radius 3 is 2.31 bits per heavy atom. The van der Waals surface area contributed by atoms with Crippen molar-refractivity contribution in [3.8, 4) is 22.5 Å². The zero-order chi connectivity index (χ0) is 20.7. The highest BCUT2D eigenvalue weighted by molar-refractivity contribution is 6.03. The van der Waals surface area contributed by atoms with Crippen LogP contribution in [0.1, 0.15) is 10.4 Å². The lowest BCUT2D eigenvalue weighted by Gasteiger charge is -2.18. The minimum atomic E-state index is -0.930. The van der Waals surface area contributed by atoms with Gasteiger partial charge in [0.15, 0.2) is 0 Å². The first-order chi connectivity index (χ1) is 13.8. The summed E-state index contributed by atoms with van der Waals surface area (Å²) < 4.78 is 8.34. The predicted octanol–water partition coefficient (Wildman–Crippen LogP) is 4.00. The van der Waals surface area contributed by atoms with Gasteiger partial charge in [0.05, 0.1) is 11.6 Å². The number of anilines is 1. The Balaban J connectivity index is 2.08. The summed E-state index contributed by atoms with van der Waals surface area (Å²) in [5.74, 6) is -0.141. The molecule has 0 spiro atoms. The molecule has 4 rings (SSSR count). The van der Waals surface area contributed by atoms with Crippen LogP contribution in [0.25, 0.3) is 33.4 Å². The summed E-state index contributed by atoms with van der Waals surface area (Å²) >= 11 is 0. The van der Waals surface area contributed by atoms with Gasteiger partial charge in [-0.05, 0) is 35.9 Å². The number of hydrogen-bond acceptors (Lipinski definition) is 3. The number of nitrogens with zero attached hydrogens (tertiary/aromatic N) is 2. The molecule has 0 saturated carbocycles. The summed E-state index contributed by atoms with van der Waals surface area (Å²) in [5.41, 5.74) is 5.09. The van der Waals surface area contributed by atoms with E-state index in [0.717, 1.165) is 44.5 Å². The molecule has 5 nitrogen and oxygen atoms in total. The minimum Gasteiger partial charge on any atom is -0.478 e. The second-order valence-corrected chi connectivity index (χ2v) is 7.51. The van der Waals surface area contributed by atoms with Crippen molar-refractivity contribution in [1.29, 1.82) is 0 Å². The van der Waals surface area contributed by atoms with Crippen LogP contribution in [0.5, 0.6) is 0 Å². The van der Waals surface area contributed by atoms with Gasteiger partial charge in [-0.25, -0.2) is 9.37 Å². The zero-order valence-corrected chi connectivity index (χ0v) is 16.9. The predicted molar refractivity (Wildman–Crippen MR) is 117 cm³/mol. The van der Waals surface area contributed by atoms with Crippen LogP contribution in [0.4, 0.5) is 5.69 Å². The molecule has 0 unspecified atom stereocenters. The van der Waals surface area contributed by atoms with Crippen molar-refractivity contribution in [1.82, 2.24) is 4.58 Å². The Hall–Kier alpha value is -3.60. The Morgan fingerprint density at radius 2 is 1.69 bits per heavy atom. The van der Waals surface area contributed by atoms with E-state index < -0.39 is 5.97 Å². The van der Waals surface area contributed by atoms with Crippen molar-refractivity contribution in [3.63, 3.8) is 0 Å². The van der Waals surface area contributed by atoms with Crippen LogP contribution in [-0.4, -0.2) is 39.3 Å². The lowest BCUT2D eigenvalue weighted by Crippen LogP contribution is -2.21. The molecule has 0 bridgehead atoms. The number of benzene rings is 3. The first-order valence-corrected chi connectivity index (χ1v) is 9.37. The van der Waals surface area contributed by atoms with E-state index in [1.165, 1.54) is 0 Å². The quantitative estimate of drug-likeness (QED) is 0.426. The number of aromatic carboxylic acids is 1. The molecule has 2 aliphatic rings. The molecule has 5 heteroatoms. The highest BCUT2D eigenvalue weighted by Crippen LogP contribution is 2.40. The van der Waals surface area contributed by atoms with Crippen molar-refractivity contribution in [2.45, 2.75) is 0 Å². The molecule has 0 fully saturated rings. The smallest absolute Gasteiger partial charge is 0.335 e. The van der Waals surface area contributed by atoms with Gasteiger partial charge in [0.25, 0.3) is 0 Å². The van der Waals surface area contributed by atoms with E-state index >= 15 is 0 Å². The van der Waals surface area contributed by atoms with Gasteiger partial charge >= 0.3 is 5.97 Å². The summed E-state index contributed by atoms with van der Waals surface area (Å²) in [6, 6.07) is 19.3. The van der Waals surface area contributed by atoms with Gasteiger partial charge in [-0.3, -0.25) is 0 Å². The third kappa shape index (κ3) is 3.36. The second-order valence-electron chi connectivity index (χ2n) is 7.51. The van der Waals surface area contributed by atoms with E-state index in [0.29, 0.717) is 0 Å². The molecular weight excluding hydrogens is 364 g/mol. The third-order valence-electron chi connectivity index (χ3n) is 5.14. The second kappa shape index (κ2) is 7.09. The number of carboxylic acid groups (broad SMARTS) is 1. The van der Waals surface area contributed by atoms with E-state index in [9.17, 15) is 9.90 Å². The standard InChI is InChI=1S/C24H22N2O3/c1-25(2)17-9-11-19-21(13-17)29-22-14-18(26(3)4)10-12-20(22)23(19)15-5-7-16(8-6-15)24(27)28/h5-14H,1-4H3/p+1. The molecule has 0 saturated heterocycles. The van der Waals surface area contributed by atoms with Crippen LogP contribution in [0, 0.1) is 0 Å². The van der Waals surface area contributed by atoms with Crippen molar-refractivity contribution in [3.05, 3.63) is 71.6 Å². The van der Waals surface area contributed by atoms with Gasteiger partial charge in [0.2, 0.25) is 5.36 Å². The maximum absolute atomic E-state index is 11.3. The van der Waals surface area contributed by atoms with Crippen LogP contribution in [0.3, 0.4) is 0 Å². The van der Waals surface area contributed by atoms with Gasteiger partial charge < -0.3 is 14.4 Å². The molecule has 2 aromatic carbocycles. The summed E-state index contributed by atoms with van der Waals surface area (Å²) in [4.78, 5) is 13.3. The minimum absolute atomic E-state index is 0.271. The molecule has 1 heterocycles. The van der Waals surface area contributed by atoms with E-state index in [-0.39, 0.29) is 5.56 Å². The van der Waals surface area contributed by atoms with E-state index in [1.807, 2.05) is 61.9 Å². The molecule has 1 N–H and O–H groups in total. The number of rotatable bonds is 3. The summed E-state index contributed by atoms with van der Waals surface area (Å²) in [7, 11) is 7.99. The normalized spacial score (nSPS) is 11.0. The van der Waals surface area contributed by atoms with Crippen LogP contribution in [-0.2, 0) is 0 Å². The molecule has 29 heavy (non-hydrogen) atoms. The fraction of sp³-hybridized carbons (Fsp3) is 0.167. The number of carboxylic acids is 1. The lowest BCUT2D eigenvalue weighted by molar-refractivity contribution is 0.0697. The number of carbonyl (C=O) groups is 1. The Labute approximate surface area is 169 Å². The Morgan fingerprint density at radius 1 is 0.966 bits per heavy atom. The molecular formula is C24H23N2O3+. The largest absolute Gasteiger partial charge is 0.478 e. The van der Waals surface area contributed by atoms with Crippen molar-refractivity contribution in [2.75, 3.05) is 33.1 Å². The SMILES string of the molecule is CN(C)c1ccc2c(-c3ccc(C(=O)O)cc3)c3ccc(=[N+](C)C)cc-3oc2c1. The van der Waals surface area contributed by atoms with Crippen LogP contribution in [0.2, 0.25) is 0 Å². The average molecular weight is 387 g/mol. The van der Waals surface area contributed by atoms with E-state index in [1.54, 1.807) is 12.1 Å². The lowest BCUT2D eigenvalue weighted by atomic mass is 9.93. The number of fused-ring (bicyclic) bond motifs is 2. The van der Waals surface area contributed by atoms with Gasteiger partial charge in [-0.2, -0.15) is 0 Å². The van der Waals surface area contributed by atoms with Crippen molar-refractivity contribution < 1.29 is 14.3 Å². The molecule has 0 amide bonds. The Kier molecular flexibility index (Phi) is 4.59. The molecule has 146 valence electrons. The van der Waals surface area contributed by atoms with Crippen LogP contribution >= 0.6 is 0 Å². The molecule has 0 aromatic heterocycles.